The molecule has 0 spiro atoms. The Morgan fingerprint density at radius 3 is 2.15 bits per heavy atom. The maximum absolute atomic E-state index is 12.4. The van der Waals surface area contributed by atoms with Gasteiger partial charge in [-0.25, -0.2) is 0 Å². The van der Waals surface area contributed by atoms with Gasteiger partial charge in [-0.05, 0) is 36.4 Å². The van der Waals surface area contributed by atoms with Crippen LogP contribution < -0.4 is 4.74 Å². The van der Waals surface area contributed by atoms with E-state index in [0.29, 0.717) is 37.5 Å². The smallest absolute Gasteiger partial charge is 0.253 e. The van der Waals surface area contributed by atoms with Gasteiger partial charge in [0.1, 0.15) is 11.5 Å². The van der Waals surface area contributed by atoms with Gasteiger partial charge in [-0.15, -0.1) is 0 Å². The molecule has 1 saturated heterocycles. The van der Waals surface area contributed by atoms with E-state index in [-0.39, 0.29) is 30.6 Å². The Hall–Kier alpha value is -3.02. The highest BCUT2D eigenvalue weighted by Gasteiger charge is 2.24. The van der Waals surface area contributed by atoms with E-state index in [2.05, 4.69) is 0 Å². The van der Waals surface area contributed by atoms with Crippen LogP contribution in [0.25, 0.3) is 0 Å². The standard InChI is InChI=1S/C20H22N2O4/c23-17-6-8-18(9-7-17)26-15-10-19(24)21-11-13-22(14-12-21)20(25)16-4-2-1-3-5-16/h1-9,23H,10-15H2. The second-order valence-corrected chi connectivity index (χ2v) is 6.13. The Balaban J connectivity index is 1.42. The van der Waals surface area contributed by atoms with E-state index in [1.807, 2.05) is 18.2 Å². The molecule has 26 heavy (non-hydrogen) atoms. The molecule has 0 bridgehead atoms. The average molecular weight is 354 g/mol. The van der Waals surface area contributed by atoms with Gasteiger partial charge in [0.25, 0.3) is 5.91 Å². The minimum absolute atomic E-state index is 0.00774. The summed E-state index contributed by atoms with van der Waals surface area (Å²) in [6.45, 7) is 2.44. The highest BCUT2D eigenvalue weighted by atomic mass is 16.5. The van der Waals surface area contributed by atoms with Gasteiger partial charge in [-0.3, -0.25) is 9.59 Å². The van der Waals surface area contributed by atoms with Crippen molar-refractivity contribution in [2.24, 2.45) is 0 Å². The van der Waals surface area contributed by atoms with Crippen molar-refractivity contribution in [2.45, 2.75) is 6.42 Å². The Morgan fingerprint density at radius 1 is 0.885 bits per heavy atom. The first-order valence-electron chi connectivity index (χ1n) is 8.67. The van der Waals surface area contributed by atoms with Gasteiger partial charge in [-0.2, -0.15) is 0 Å². The fraction of sp³-hybridized carbons (Fsp3) is 0.300. The van der Waals surface area contributed by atoms with Crippen LogP contribution in [0.1, 0.15) is 16.8 Å². The Morgan fingerprint density at radius 2 is 1.50 bits per heavy atom. The van der Waals surface area contributed by atoms with Gasteiger partial charge in [0.15, 0.2) is 0 Å². The van der Waals surface area contributed by atoms with Crippen LogP contribution in [0.3, 0.4) is 0 Å². The topological polar surface area (TPSA) is 70.1 Å². The molecule has 1 N–H and O–H groups in total. The van der Waals surface area contributed by atoms with Crippen molar-refractivity contribution in [3.8, 4) is 11.5 Å². The van der Waals surface area contributed by atoms with Gasteiger partial charge in [0, 0.05) is 31.7 Å². The predicted molar refractivity (Wildman–Crippen MR) is 97.1 cm³/mol. The van der Waals surface area contributed by atoms with E-state index in [9.17, 15) is 14.7 Å². The molecule has 136 valence electrons. The Bertz CT molecular complexity index is 738. The number of phenols is 1. The molecule has 0 atom stereocenters. The van der Waals surface area contributed by atoms with E-state index >= 15 is 0 Å². The third-order valence-electron chi connectivity index (χ3n) is 4.36. The number of carbonyl (C=O) groups excluding carboxylic acids is 2. The third kappa shape index (κ3) is 4.53. The molecule has 0 radical (unpaired) electrons. The molecule has 0 unspecified atom stereocenters. The second kappa shape index (κ2) is 8.38. The molecular formula is C20H22N2O4. The first-order valence-corrected chi connectivity index (χ1v) is 8.67. The molecule has 2 amide bonds. The zero-order valence-corrected chi connectivity index (χ0v) is 14.5. The molecular weight excluding hydrogens is 332 g/mol. The largest absolute Gasteiger partial charge is 0.508 e. The van der Waals surface area contributed by atoms with Crippen molar-refractivity contribution < 1.29 is 19.4 Å². The number of piperazine rings is 1. The number of benzene rings is 2. The van der Waals surface area contributed by atoms with Gasteiger partial charge in [0.2, 0.25) is 5.91 Å². The van der Waals surface area contributed by atoms with Crippen LogP contribution in [0.5, 0.6) is 11.5 Å². The molecule has 2 aromatic rings. The number of amides is 2. The predicted octanol–water partition coefficient (Wildman–Crippen LogP) is 2.15. The number of hydrogen-bond acceptors (Lipinski definition) is 4. The van der Waals surface area contributed by atoms with Crippen LogP contribution in [0, 0.1) is 0 Å². The summed E-state index contributed by atoms with van der Waals surface area (Å²) >= 11 is 0. The van der Waals surface area contributed by atoms with Crippen LogP contribution in [-0.2, 0) is 4.79 Å². The van der Waals surface area contributed by atoms with E-state index in [1.54, 1.807) is 46.2 Å². The normalized spacial score (nSPS) is 14.2. The minimum atomic E-state index is 0.00774. The SMILES string of the molecule is O=C(CCOc1ccc(O)cc1)N1CCN(C(=O)c2ccccc2)CC1. The minimum Gasteiger partial charge on any atom is -0.508 e. The average Bonchev–Trinajstić information content (AvgIpc) is 2.69. The molecule has 1 aliphatic heterocycles. The van der Waals surface area contributed by atoms with E-state index in [4.69, 9.17) is 4.74 Å². The zero-order chi connectivity index (χ0) is 18.4. The first-order chi connectivity index (χ1) is 12.6. The van der Waals surface area contributed by atoms with Crippen LogP contribution >= 0.6 is 0 Å². The number of rotatable bonds is 5. The summed E-state index contributed by atoms with van der Waals surface area (Å²) in [6, 6.07) is 15.6. The Labute approximate surface area is 152 Å². The summed E-state index contributed by atoms with van der Waals surface area (Å²) in [5.74, 6) is 0.828. The second-order valence-electron chi connectivity index (χ2n) is 6.13. The fourth-order valence-corrected chi connectivity index (χ4v) is 2.88. The number of ether oxygens (including phenoxy) is 1. The van der Waals surface area contributed by atoms with E-state index in [1.165, 1.54) is 0 Å². The molecule has 0 aliphatic carbocycles. The number of aromatic hydroxyl groups is 1. The first kappa shape index (κ1) is 17.8. The van der Waals surface area contributed by atoms with Crippen molar-refractivity contribution in [3.63, 3.8) is 0 Å². The van der Waals surface area contributed by atoms with Crippen LogP contribution in [-0.4, -0.2) is 59.5 Å². The summed E-state index contributed by atoms with van der Waals surface area (Å²) < 4.78 is 5.52. The van der Waals surface area contributed by atoms with Gasteiger partial charge in [0.05, 0.1) is 13.0 Å². The van der Waals surface area contributed by atoms with E-state index < -0.39 is 0 Å². The quantitative estimate of drug-likeness (QED) is 0.893. The lowest BCUT2D eigenvalue weighted by Gasteiger charge is -2.34. The number of carbonyl (C=O) groups is 2. The molecule has 3 rings (SSSR count). The highest BCUT2D eigenvalue weighted by molar-refractivity contribution is 5.94. The maximum atomic E-state index is 12.4. The van der Waals surface area contributed by atoms with Crippen molar-refractivity contribution in [2.75, 3.05) is 32.8 Å². The number of hydrogen-bond donors (Lipinski definition) is 1. The summed E-state index contributed by atoms with van der Waals surface area (Å²) in [4.78, 5) is 28.3. The van der Waals surface area contributed by atoms with Crippen molar-refractivity contribution >= 4 is 11.8 Å². The van der Waals surface area contributed by atoms with Gasteiger partial charge >= 0.3 is 0 Å². The molecule has 6 heteroatoms. The molecule has 0 saturated carbocycles. The van der Waals surface area contributed by atoms with Gasteiger partial charge < -0.3 is 19.6 Å². The number of nitrogens with zero attached hydrogens (tertiary/aromatic N) is 2. The van der Waals surface area contributed by atoms with Crippen LogP contribution in [0.4, 0.5) is 0 Å². The third-order valence-corrected chi connectivity index (χ3v) is 4.36. The van der Waals surface area contributed by atoms with Crippen molar-refractivity contribution in [3.05, 3.63) is 60.2 Å². The van der Waals surface area contributed by atoms with Crippen molar-refractivity contribution in [1.29, 1.82) is 0 Å². The Kier molecular flexibility index (Phi) is 5.73. The molecule has 0 aromatic heterocycles. The lowest BCUT2D eigenvalue weighted by Crippen LogP contribution is -2.50. The fourth-order valence-electron chi connectivity index (χ4n) is 2.88. The van der Waals surface area contributed by atoms with Gasteiger partial charge in [-0.1, -0.05) is 18.2 Å². The highest BCUT2D eigenvalue weighted by Crippen LogP contribution is 2.16. The maximum Gasteiger partial charge on any atom is 0.253 e. The zero-order valence-electron chi connectivity index (χ0n) is 14.5. The van der Waals surface area contributed by atoms with Crippen LogP contribution in [0.2, 0.25) is 0 Å². The lowest BCUT2D eigenvalue weighted by molar-refractivity contribution is -0.133. The molecule has 2 aromatic carbocycles. The number of phenolic OH excluding ortho intramolecular Hbond substituents is 1. The van der Waals surface area contributed by atoms with Crippen molar-refractivity contribution in [1.82, 2.24) is 9.80 Å². The summed E-state index contributed by atoms with van der Waals surface area (Å²) in [5.41, 5.74) is 0.676. The molecule has 6 nitrogen and oxygen atoms in total. The summed E-state index contributed by atoms with van der Waals surface area (Å²) in [7, 11) is 0. The molecule has 1 heterocycles. The lowest BCUT2D eigenvalue weighted by atomic mass is 10.2. The summed E-state index contributed by atoms with van der Waals surface area (Å²) in [5, 5.41) is 9.23. The molecule has 1 aliphatic rings. The molecule has 1 fully saturated rings. The summed E-state index contributed by atoms with van der Waals surface area (Å²) in [6.07, 6.45) is 0.285. The monoisotopic (exact) mass is 354 g/mol. The van der Waals surface area contributed by atoms with Crippen LogP contribution in [0.15, 0.2) is 54.6 Å². The van der Waals surface area contributed by atoms with E-state index in [0.717, 1.165) is 0 Å².